The Morgan fingerprint density at radius 1 is 1.09 bits per heavy atom. The van der Waals surface area contributed by atoms with E-state index in [-0.39, 0.29) is 13.0 Å². The SMILES string of the molecule is [N-]=[N+]=N[C@H](Cc1ccccc1)[C@@H](O)C(=O)OCc1ccccc1. The van der Waals surface area contributed by atoms with Gasteiger partial charge in [-0.1, -0.05) is 65.8 Å². The molecule has 0 heterocycles. The lowest BCUT2D eigenvalue weighted by Gasteiger charge is -2.17. The Morgan fingerprint density at radius 3 is 2.22 bits per heavy atom. The summed E-state index contributed by atoms with van der Waals surface area (Å²) in [5.74, 6) is -0.804. The standard InChI is InChI=1S/C17H17N3O3/c18-20-19-15(11-13-7-3-1-4-8-13)16(21)17(22)23-12-14-9-5-2-6-10-14/h1-10,15-16,21H,11-12H2/t15-,16-/m1/s1. The van der Waals surface area contributed by atoms with Crippen LogP contribution in [0.15, 0.2) is 65.8 Å². The molecule has 0 fully saturated rings. The molecule has 0 bridgehead atoms. The second-order valence-corrected chi connectivity index (χ2v) is 5.00. The Hall–Kier alpha value is -2.82. The molecule has 0 spiro atoms. The van der Waals surface area contributed by atoms with Gasteiger partial charge in [-0.25, -0.2) is 4.79 Å². The average Bonchev–Trinajstić information content (AvgIpc) is 2.60. The van der Waals surface area contributed by atoms with Gasteiger partial charge in [-0.2, -0.15) is 0 Å². The molecule has 0 aliphatic heterocycles. The highest BCUT2D eigenvalue weighted by Gasteiger charge is 2.27. The Bertz CT molecular complexity index is 670. The van der Waals surface area contributed by atoms with Crippen molar-refractivity contribution in [3.63, 3.8) is 0 Å². The van der Waals surface area contributed by atoms with Crippen molar-refractivity contribution in [1.29, 1.82) is 0 Å². The summed E-state index contributed by atoms with van der Waals surface area (Å²) >= 11 is 0. The number of nitrogens with zero attached hydrogens (tertiary/aromatic N) is 3. The first-order valence-corrected chi connectivity index (χ1v) is 7.17. The predicted octanol–water partition coefficient (Wildman–Crippen LogP) is 3.01. The van der Waals surface area contributed by atoms with Gasteiger partial charge in [0, 0.05) is 4.91 Å². The van der Waals surface area contributed by atoms with Crippen LogP contribution in [-0.4, -0.2) is 23.2 Å². The van der Waals surface area contributed by atoms with Crippen LogP contribution in [0.25, 0.3) is 10.4 Å². The Labute approximate surface area is 134 Å². The fraction of sp³-hybridized carbons (Fsp3) is 0.235. The van der Waals surface area contributed by atoms with Crippen LogP contribution in [0, 0.1) is 0 Å². The van der Waals surface area contributed by atoms with Crippen molar-refractivity contribution in [3.8, 4) is 0 Å². The number of aliphatic hydroxyl groups excluding tert-OH is 1. The summed E-state index contributed by atoms with van der Waals surface area (Å²) in [7, 11) is 0. The van der Waals surface area contributed by atoms with Gasteiger partial charge in [-0.3, -0.25) is 0 Å². The molecule has 0 saturated carbocycles. The Balaban J connectivity index is 1.97. The van der Waals surface area contributed by atoms with Crippen molar-refractivity contribution >= 4 is 5.97 Å². The van der Waals surface area contributed by atoms with E-state index in [0.29, 0.717) is 0 Å². The molecular weight excluding hydrogens is 294 g/mol. The predicted molar refractivity (Wildman–Crippen MR) is 85.3 cm³/mol. The molecule has 0 amide bonds. The second-order valence-electron chi connectivity index (χ2n) is 5.00. The molecule has 2 aromatic rings. The third-order valence-corrected chi connectivity index (χ3v) is 3.32. The van der Waals surface area contributed by atoms with E-state index in [4.69, 9.17) is 10.3 Å². The number of carbonyl (C=O) groups is 1. The summed E-state index contributed by atoms with van der Waals surface area (Å²) in [6.45, 7) is 0.0606. The molecule has 6 heteroatoms. The molecule has 0 aliphatic carbocycles. The van der Waals surface area contributed by atoms with Gasteiger partial charge in [-0.15, -0.1) is 0 Å². The highest BCUT2D eigenvalue weighted by atomic mass is 16.5. The highest BCUT2D eigenvalue weighted by Crippen LogP contribution is 2.12. The van der Waals surface area contributed by atoms with Crippen molar-refractivity contribution in [2.75, 3.05) is 0 Å². The van der Waals surface area contributed by atoms with Crippen LogP contribution in [0.5, 0.6) is 0 Å². The number of carbonyl (C=O) groups excluding carboxylic acids is 1. The van der Waals surface area contributed by atoms with Crippen LogP contribution in [0.1, 0.15) is 11.1 Å². The van der Waals surface area contributed by atoms with E-state index in [2.05, 4.69) is 10.0 Å². The zero-order chi connectivity index (χ0) is 16.5. The molecular formula is C17H17N3O3. The molecule has 0 unspecified atom stereocenters. The van der Waals surface area contributed by atoms with Gasteiger partial charge in [-0.05, 0) is 23.1 Å². The van der Waals surface area contributed by atoms with Crippen molar-refractivity contribution in [2.45, 2.75) is 25.2 Å². The average molecular weight is 311 g/mol. The lowest BCUT2D eigenvalue weighted by atomic mass is 10.0. The van der Waals surface area contributed by atoms with Gasteiger partial charge >= 0.3 is 5.97 Å². The lowest BCUT2D eigenvalue weighted by Crippen LogP contribution is -2.35. The lowest BCUT2D eigenvalue weighted by molar-refractivity contribution is -0.156. The van der Waals surface area contributed by atoms with Crippen molar-refractivity contribution in [3.05, 3.63) is 82.2 Å². The molecule has 2 aromatic carbocycles. The Morgan fingerprint density at radius 2 is 1.65 bits per heavy atom. The maximum Gasteiger partial charge on any atom is 0.335 e. The zero-order valence-electron chi connectivity index (χ0n) is 12.4. The third kappa shape index (κ3) is 5.14. The van der Waals surface area contributed by atoms with Gasteiger partial charge in [0.25, 0.3) is 0 Å². The van der Waals surface area contributed by atoms with Gasteiger partial charge in [0.2, 0.25) is 0 Å². The third-order valence-electron chi connectivity index (χ3n) is 3.32. The summed E-state index contributed by atoms with van der Waals surface area (Å²) in [6, 6.07) is 17.4. The first-order valence-electron chi connectivity index (χ1n) is 7.17. The number of aliphatic hydroxyl groups is 1. The van der Waals surface area contributed by atoms with Crippen LogP contribution in [0.4, 0.5) is 0 Å². The number of hydrogen-bond donors (Lipinski definition) is 1. The summed E-state index contributed by atoms with van der Waals surface area (Å²) in [5.41, 5.74) is 10.3. The van der Waals surface area contributed by atoms with Gasteiger partial charge in [0.15, 0.2) is 6.10 Å². The molecule has 2 atom stereocenters. The summed E-state index contributed by atoms with van der Waals surface area (Å²) in [4.78, 5) is 14.7. The number of azide groups is 1. The van der Waals surface area contributed by atoms with E-state index in [1.807, 2.05) is 60.7 Å². The first-order chi connectivity index (χ1) is 11.2. The van der Waals surface area contributed by atoms with Crippen molar-refractivity contribution < 1.29 is 14.6 Å². The quantitative estimate of drug-likeness (QED) is 0.368. The van der Waals surface area contributed by atoms with E-state index in [9.17, 15) is 9.90 Å². The molecule has 0 radical (unpaired) electrons. The molecule has 0 aliphatic rings. The normalized spacial score (nSPS) is 12.7. The second kappa shape index (κ2) is 8.58. The van der Waals surface area contributed by atoms with Gasteiger partial charge in [0.1, 0.15) is 6.61 Å². The van der Waals surface area contributed by atoms with E-state index >= 15 is 0 Å². The van der Waals surface area contributed by atoms with Gasteiger partial charge < -0.3 is 9.84 Å². The minimum Gasteiger partial charge on any atom is -0.459 e. The number of ether oxygens (including phenoxy) is 1. The highest BCUT2D eigenvalue weighted by molar-refractivity contribution is 5.75. The van der Waals surface area contributed by atoms with E-state index < -0.39 is 18.1 Å². The van der Waals surface area contributed by atoms with E-state index in [1.54, 1.807) is 0 Å². The maximum atomic E-state index is 12.0. The van der Waals surface area contributed by atoms with Crippen LogP contribution >= 0.6 is 0 Å². The number of rotatable bonds is 7. The number of esters is 1. The fourth-order valence-corrected chi connectivity index (χ4v) is 2.11. The van der Waals surface area contributed by atoms with Crippen LogP contribution < -0.4 is 0 Å². The van der Waals surface area contributed by atoms with Crippen LogP contribution in [-0.2, 0) is 22.6 Å². The molecule has 23 heavy (non-hydrogen) atoms. The van der Waals surface area contributed by atoms with Crippen LogP contribution in [0.3, 0.4) is 0 Å². The van der Waals surface area contributed by atoms with Crippen molar-refractivity contribution in [1.82, 2.24) is 0 Å². The minimum absolute atomic E-state index is 0.0606. The Kier molecular flexibility index (Phi) is 6.17. The fourth-order valence-electron chi connectivity index (χ4n) is 2.11. The summed E-state index contributed by atoms with van der Waals surface area (Å²) in [6.07, 6.45) is -1.25. The molecule has 2 rings (SSSR count). The number of benzene rings is 2. The first kappa shape index (κ1) is 16.5. The van der Waals surface area contributed by atoms with Crippen molar-refractivity contribution in [2.24, 2.45) is 5.11 Å². The zero-order valence-corrected chi connectivity index (χ0v) is 12.4. The molecule has 118 valence electrons. The summed E-state index contributed by atoms with van der Waals surface area (Å²) < 4.78 is 5.08. The summed E-state index contributed by atoms with van der Waals surface area (Å²) in [5, 5.41) is 13.6. The van der Waals surface area contributed by atoms with E-state index in [0.717, 1.165) is 11.1 Å². The smallest absolute Gasteiger partial charge is 0.335 e. The molecule has 0 aromatic heterocycles. The monoisotopic (exact) mass is 311 g/mol. The molecule has 0 saturated heterocycles. The van der Waals surface area contributed by atoms with E-state index in [1.165, 1.54) is 0 Å². The molecule has 6 nitrogen and oxygen atoms in total. The van der Waals surface area contributed by atoms with Crippen LogP contribution in [0.2, 0.25) is 0 Å². The topological polar surface area (TPSA) is 95.3 Å². The number of hydrogen-bond acceptors (Lipinski definition) is 4. The minimum atomic E-state index is -1.50. The largest absolute Gasteiger partial charge is 0.459 e. The van der Waals surface area contributed by atoms with Gasteiger partial charge in [0.05, 0.1) is 6.04 Å². The molecule has 1 N–H and O–H groups in total. The maximum absolute atomic E-state index is 12.0.